The van der Waals surface area contributed by atoms with E-state index in [1.54, 1.807) is 0 Å². The Morgan fingerprint density at radius 2 is 1.43 bits per heavy atom. The van der Waals surface area contributed by atoms with Crippen molar-refractivity contribution < 1.29 is 14.4 Å². The van der Waals surface area contributed by atoms with Crippen molar-refractivity contribution in [1.29, 1.82) is 0 Å². The van der Waals surface area contributed by atoms with Gasteiger partial charge in [0.1, 0.15) is 0 Å². The van der Waals surface area contributed by atoms with Gasteiger partial charge in [-0.3, -0.25) is 10.6 Å². The van der Waals surface area contributed by atoms with Gasteiger partial charge >= 0.3 is 5.97 Å². The number of esters is 1. The lowest BCUT2D eigenvalue weighted by Crippen LogP contribution is -2.50. The van der Waals surface area contributed by atoms with E-state index >= 15 is 0 Å². The molecule has 0 fully saturated rings. The van der Waals surface area contributed by atoms with Gasteiger partial charge in [-0.05, 0) is 18.1 Å². The molecule has 0 saturated carbocycles. The van der Waals surface area contributed by atoms with Gasteiger partial charge in [-0.2, -0.15) is 0 Å². The molecule has 0 aromatic heterocycles. The highest BCUT2D eigenvalue weighted by atomic mass is 16.7. The maximum Gasteiger partial charge on any atom is 0.356 e. The maximum atomic E-state index is 12.1. The third kappa shape index (κ3) is 3.66. The van der Waals surface area contributed by atoms with Gasteiger partial charge in [-0.15, -0.1) is 0 Å². The zero-order valence-electron chi connectivity index (χ0n) is 11.7. The Bertz CT molecular complexity index is 545. The third-order valence-electron chi connectivity index (χ3n) is 3.08. The molecule has 0 aliphatic rings. The number of carbonyl (C=O) groups is 1. The first-order valence-corrected chi connectivity index (χ1v) is 6.52. The highest BCUT2D eigenvalue weighted by Gasteiger charge is 2.33. The molecule has 0 heterocycles. The normalized spacial score (nSPS) is 13.7. The van der Waals surface area contributed by atoms with Crippen LogP contribution in [0.5, 0.6) is 0 Å². The lowest BCUT2D eigenvalue weighted by atomic mass is 10.0. The van der Waals surface area contributed by atoms with Crippen LogP contribution in [0, 0.1) is 0 Å². The molecule has 21 heavy (non-hydrogen) atoms. The number of ether oxygens (including phenoxy) is 1. The minimum Gasteiger partial charge on any atom is -0.449 e. The van der Waals surface area contributed by atoms with Crippen LogP contribution in [0.25, 0.3) is 0 Å². The SMILES string of the molecule is C[C@@](N)(ON)C(=O)OC(c1ccccc1)c1ccccc1. The summed E-state index contributed by atoms with van der Waals surface area (Å²) in [5, 5.41) is 0. The highest BCUT2D eigenvalue weighted by molar-refractivity contribution is 5.78. The standard InChI is InChI=1S/C16H18N2O3/c1-16(17,21-18)15(19)20-14(12-8-4-2-5-9-12)13-10-6-3-7-11-13/h2-11,14H,17-18H2,1H3/t16-/m1/s1. The predicted molar refractivity (Wildman–Crippen MR) is 78.7 cm³/mol. The molecule has 5 nitrogen and oxygen atoms in total. The summed E-state index contributed by atoms with van der Waals surface area (Å²) >= 11 is 0. The fourth-order valence-electron chi connectivity index (χ4n) is 1.86. The molecule has 1 atom stereocenters. The number of hydrogen-bond acceptors (Lipinski definition) is 5. The number of hydrogen-bond donors (Lipinski definition) is 2. The molecule has 110 valence electrons. The summed E-state index contributed by atoms with van der Waals surface area (Å²) in [6.45, 7) is 1.35. The lowest BCUT2D eigenvalue weighted by Gasteiger charge is -2.25. The number of nitrogens with two attached hydrogens (primary N) is 2. The zero-order chi connectivity index (χ0) is 15.3. The van der Waals surface area contributed by atoms with Crippen molar-refractivity contribution in [3.63, 3.8) is 0 Å². The van der Waals surface area contributed by atoms with E-state index in [4.69, 9.17) is 16.4 Å². The summed E-state index contributed by atoms with van der Waals surface area (Å²) in [6.07, 6.45) is -0.571. The smallest absolute Gasteiger partial charge is 0.356 e. The van der Waals surface area contributed by atoms with Crippen LogP contribution >= 0.6 is 0 Å². The van der Waals surface area contributed by atoms with Crippen molar-refractivity contribution in [1.82, 2.24) is 0 Å². The summed E-state index contributed by atoms with van der Waals surface area (Å²) < 4.78 is 5.51. The van der Waals surface area contributed by atoms with Crippen LogP contribution in [0.15, 0.2) is 60.7 Å². The molecule has 0 unspecified atom stereocenters. The molecule has 0 radical (unpaired) electrons. The molecule has 0 bridgehead atoms. The first-order chi connectivity index (χ1) is 10.0. The quantitative estimate of drug-likeness (QED) is 0.498. The molecule has 0 spiro atoms. The number of benzene rings is 2. The lowest BCUT2D eigenvalue weighted by molar-refractivity contribution is -0.174. The predicted octanol–water partition coefficient (Wildman–Crippen LogP) is 1.88. The molecular formula is C16H18N2O3. The van der Waals surface area contributed by atoms with Gasteiger partial charge in [0.15, 0.2) is 6.10 Å². The topological polar surface area (TPSA) is 87.6 Å². The van der Waals surface area contributed by atoms with Crippen molar-refractivity contribution >= 4 is 5.97 Å². The Morgan fingerprint density at radius 3 is 1.81 bits per heavy atom. The van der Waals surface area contributed by atoms with Gasteiger partial charge in [0.25, 0.3) is 0 Å². The summed E-state index contributed by atoms with van der Waals surface area (Å²) in [6, 6.07) is 18.8. The monoisotopic (exact) mass is 286 g/mol. The first-order valence-electron chi connectivity index (χ1n) is 6.52. The fourth-order valence-corrected chi connectivity index (χ4v) is 1.86. The average molecular weight is 286 g/mol. The molecule has 5 heteroatoms. The Balaban J connectivity index is 2.32. The second-order valence-corrected chi connectivity index (χ2v) is 4.83. The van der Waals surface area contributed by atoms with Gasteiger partial charge in [0.05, 0.1) is 0 Å². The first kappa shape index (κ1) is 15.2. The highest BCUT2D eigenvalue weighted by Crippen LogP contribution is 2.27. The maximum absolute atomic E-state index is 12.1. The van der Waals surface area contributed by atoms with Gasteiger partial charge in [-0.25, -0.2) is 10.7 Å². The molecule has 2 aromatic rings. The van der Waals surface area contributed by atoms with Gasteiger partial charge in [0, 0.05) is 0 Å². The van der Waals surface area contributed by atoms with Crippen LogP contribution in [0.2, 0.25) is 0 Å². The molecule has 0 amide bonds. The molecule has 2 aromatic carbocycles. The van der Waals surface area contributed by atoms with Gasteiger partial charge in [0.2, 0.25) is 5.72 Å². The third-order valence-corrected chi connectivity index (χ3v) is 3.08. The largest absolute Gasteiger partial charge is 0.449 e. The van der Waals surface area contributed by atoms with Crippen LogP contribution in [-0.4, -0.2) is 11.7 Å². The van der Waals surface area contributed by atoms with E-state index in [-0.39, 0.29) is 0 Å². The molecule has 4 N–H and O–H groups in total. The summed E-state index contributed by atoms with van der Waals surface area (Å²) in [5.74, 6) is 4.30. The van der Waals surface area contributed by atoms with E-state index in [1.807, 2.05) is 60.7 Å². The van der Waals surface area contributed by atoms with E-state index in [2.05, 4.69) is 4.84 Å². The Kier molecular flexibility index (Phi) is 4.70. The zero-order valence-corrected chi connectivity index (χ0v) is 11.7. The van der Waals surface area contributed by atoms with Crippen LogP contribution in [0.4, 0.5) is 0 Å². The van der Waals surface area contributed by atoms with Crippen molar-refractivity contribution in [3.8, 4) is 0 Å². The van der Waals surface area contributed by atoms with E-state index < -0.39 is 17.8 Å². The Hall–Kier alpha value is -2.21. The average Bonchev–Trinajstić information content (AvgIpc) is 2.54. The fraction of sp³-hybridized carbons (Fsp3) is 0.188. The molecule has 0 saturated heterocycles. The Labute approximate surface area is 123 Å². The van der Waals surface area contributed by atoms with Crippen LogP contribution in [-0.2, 0) is 14.4 Å². The minimum absolute atomic E-state index is 0.571. The second kappa shape index (κ2) is 6.49. The van der Waals surface area contributed by atoms with Crippen molar-refractivity contribution in [3.05, 3.63) is 71.8 Å². The van der Waals surface area contributed by atoms with E-state index in [0.717, 1.165) is 11.1 Å². The van der Waals surface area contributed by atoms with Crippen molar-refractivity contribution in [2.24, 2.45) is 11.6 Å². The summed E-state index contributed by atoms with van der Waals surface area (Å²) in [7, 11) is 0. The van der Waals surface area contributed by atoms with Crippen LogP contribution in [0.1, 0.15) is 24.2 Å². The van der Waals surface area contributed by atoms with E-state index in [0.29, 0.717) is 0 Å². The molecule has 0 aliphatic heterocycles. The second-order valence-electron chi connectivity index (χ2n) is 4.83. The van der Waals surface area contributed by atoms with Crippen molar-refractivity contribution in [2.45, 2.75) is 18.8 Å². The van der Waals surface area contributed by atoms with Crippen LogP contribution < -0.4 is 11.6 Å². The van der Waals surface area contributed by atoms with E-state index in [1.165, 1.54) is 6.92 Å². The number of carbonyl (C=O) groups excluding carboxylic acids is 1. The molecule has 0 aliphatic carbocycles. The van der Waals surface area contributed by atoms with Crippen LogP contribution in [0.3, 0.4) is 0 Å². The molecular weight excluding hydrogens is 268 g/mol. The molecule has 2 rings (SSSR count). The van der Waals surface area contributed by atoms with Crippen molar-refractivity contribution in [2.75, 3.05) is 0 Å². The Morgan fingerprint density at radius 1 is 1.00 bits per heavy atom. The van der Waals surface area contributed by atoms with Gasteiger partial charge in [-0.1, -0.05) is 60.7 Å². The van der Waals surface area contributed by atoms with E-state index in [9.17, 15) is 4.79 Å². The summed E-state index contributed by atoms with van der Waals surface area (Å²) in [4.78, 5) is 16.6. The van der Waals surface area contributed by atoms with Gasteiger partial charge < -0.3 is 4.74 Å². The minimum atomic E-state index is -1.69. The number of rotatable bonds is 5. The summed E-state index contributed by atoms with van der Waals surface area (Å²) in [5.41, 5.74) is 5.63.